The Bertz CT molecular complexity index is 1970. The zero-order chi connectivity index (χ0) is 50.5. The lowest BCUT2D eigenvalue weighted by atomic mass is 10.1. The number of carbonyl (C=O) groups is 6. The summed E-state index contributed by atoms with van der Waals surface area (Å²) >= 11 is 0. The minimum Gasteiger partial charge on any atom is -0.493 e. The van der Waals surface area contributed by atoms with Gasteiger partial charge in [-0.3, -0.25) is 28.8 Å². The van der Waals surface area contributed by atoms with Crippen LogP contribution < -0.4 is 45.6 Å². The molecule has 6 amide bonds. The van der Waals surface area contributed by atoms with Crippen LogP contribution in [0.4, 0.5) is 0 Å². The summed E-state index contributed by atoms with van der Waals surface area (Å²) in [6, 6.07) is 15.2. The van der Waals surface area contributed by atoms with Crippen molar-refractivity contribution in [1.82, 2.24) is 29.4 Å². The highest BCUT2D eigenvalue weighted by Crippen LogP contribution is 2.30. The standard InChI is InChI=1S/C48H69N9O12/c1-64-37-13-10-34(22-40(37)67-4)25-55-31-43(58)53(20-8-17-50)29-47(62)57(27-36-12-15-39(66-3)42(24-36)69-6)33-45(60)54(21-9-18-51)30-48(63)56(26-35-11-14-38(65-2)41(23-35)68-5)32-44(59)52(19-7-16-49)28-46(55)61/h10-15,22-24H,7-9,16-21,25-33,49-51H2,1-6H3. The highest BCUT2D eigenvalue weighted by atomic mass is 16.5. The molecule has 0 aromatic heterocycles. The van der Waals surface area contributed by atoms with Crippen molar-refractivity contribution in [3.05, 3.63) is 71.3 Å². The Morgan fingerprint density at radius 1 is 0.348 bits per heavy atom. The predicted octanol–water partition coefficient (Wildman–Crippen LogP) is 0.670. The van der Waals surface area contributed by atoms with Gasteiger partial charge in [0.1, 0.15) is 19.6 Å². The average molecular weight is 964 g/mol. The average Bonchev–Trinajstić information content (AvgIpc) is 3.35. The van der Waals surface area contributed by atoms with Crippen molar-refractivity contribution >= 4 is 35.4 Å². The minimum absolute atomic E-state index is 0.0474. The van der Waals surface area contributed by atoms with Gasteiger partial charge in [0, 0.05) is 39.3 Å². The molecule has 0 atom stereocenters. The number of benzene rings is 3. The van der Waals surface area contributed by atoms with Crippen LogP contribution >= 0.6 is 0 Å². The number of nitrogens with two attached hydrogens (primary N) is 3. The van der Waals surface area contributed by atoms with Gasteiger partial charge in [0.05, 0.1) is 62.3 Å². The third kappa shape index (κ3) is 15.9. The lowest BCUT2D eigenvalue weighted by Crippen LogP contribution is -2.53. The maximum absolute atomic E-state index is 14.6. The van der Waals surface area contributed by atoms with Gasteiger partial charge >= 0.3 is 0 Å². The topological polar surface area (TPSA) is 255 Å². The molecular formula is C48H69N9O12. The van der Waals surface area contributed by atoms with Crippen LogP contribution in [0, 0.1) is 0 Å². The fourth-order valence-corrected chi connectivity index (χ4v) is 7.60. The lowest BCUT2D eigenvalue weighted by molar-refractivity contribution is -0.150. The fraction of sp³-hybridized carbons (Fsp3) is 0.500. The molecule has 0 saturated carbocycles. The molecule has 1 aliphatic heterocycles. The molecule has 1 saturated heterocycles. The van der Waals surface area contributed by atoms with E-state index in [9.17, 15) is 28.8 Å². The zero-order valence-electron chi connectivity index (χ0n) is 40.7. The van der Waals surface area contributed by atoms with E-state index < -0.39 is 74.7 Å². The molecule has 0 unspecified atom stereocenters. The van der Waals surface area contributed by atoms with Crippen LogP contribution in [0.1, 0.15) is 36.0 Å². The van der Waals surface area contributed by atoms with Crippen molar-refractivity contribution in [1.29, 1.82) is 0 Å². The van der Waals surface area contributed by atoms with Crippen LogP contribution in [-0.4, -0.2) is 186 Å². The highest BCUT2D eigenvalue weighted by Gasteiger charge is 2.32. The van der Waals surface area contributed by atoms with E-state index in [-0.39, 0.29) is 58.9 Å². The van der Waals surface area contributed by atoms with E-state index in [2.05, 4.69) is 0 Å². The molecule has 1 fully saturated rings. The summed E-state index contributed by atoms with van der Waals surface area (Å²) in [5, 5.41) is 0. The second kappa shape index (κ2) is 27.8. The third-order valence-electron chi connectivity index (χ3n) is 11.4. The Morgan fingerprint density at radius 2 is 0.565 bits per heavy atom. The molecule has 378 valence electrons. The van der Waals surface area contributed by atoms with Crippen molar-refractivity contribution in [2.75, 3.05) is 121 Å². The van der Waals surface area contributed by atoms with Crippen molar-refractivity contribution in [3.63, 3.8) is 0 Å². The minimum atomic E-state index is -0.596. The molecular weight excluding hydrogens is 895 g/mol. The Hall–Kier alpha value is -6.84. The van der Waals surface area contributed by atoms with Gasteiger partial charge in [-0.1, -0.05) is 18.2 Å². The van der Waals surface area contributed by atoms with Crippen molar-refractivity contribution in [3.8, 4) is 34.5 Å². The lowest BCUT2D eigenvalue weighted by Gasteiger charge is -2.34. The molecule has 0 radical (unpaired) electrons. The van der Waals surface area contributed by atoms with E-state index in [0.29, 0.717) is 70.4 Å². The molecule has 0 aliphatic carbocycles. The van der Waals surface area contributed by atoms with Gasteiger partial charge < -0.3 is 75.0 Å². The number of hydrogen-bond acceptors (Lipinski definition) is 15. The summed E-state index contributed by atoms with van der Waals surface area (Å²) in [4.78, 5) is 95.3. The fourth-order valence-electron chi connectivity index (χ4n) is 7.60. The molecule has 21 heteroatoms. The Labute approximate surface area is 404 Å². The van der Waals surface area contributed by atoms with E-state index in [1.807, 2.05) is 0 Å². The van der Waals surface area contributed by atoms with E-state index in [0.717, 1.165) is 0 Å². The van der Waals surface area contributed by atoms with E-state index in [1.165, 1.54) is 72.1 Å². The molecule has 3 aromatic carbocycles. The molecule has 1 heterocycles. The maximum atomic E-state index is 14.6. The van der Waals surface area contributed by atoms with Gasteiger partial charge in [-0.05, 0) is 92.0 Å². The summed E-state index contributed by atoms with van der Waals surface area (Å²) in [6.07, 6.45) is 0.939. The summed E-state index contributed by atoms with van der Waals surface area (Å²) in [6.45, 7) is -2.59. The van der Waals surface area contributed by atoms with E-state index >= 15 is 0 Å². The normalized spacial score (nSPS) is 15.1. The first kappa shape index (κ1) is 54.8. The summed E-state index contributed by atoms with van der Waals surface area (Å²) in [7, 11) is 8.89. The highest BCUT2D eigenvalue weighted by molar-refractivity contribution is 5.94. The molecule has 21 nitrogen and oxygen atoms in total. The van der Waals surface area contributed by atoms with Gasteiger partial charge in [-0.15, -0.1) is 0 Å². The SMILES string of the molecule is COc1ccc(CN2CC(=O)N(CCCN)CC(=O)N(Cc3ccc(OC)c(OC)c3)CC(=O)N(CCCN)CC(=O)N(Cc3ccc(OC)c(OC)c3)CC(=O)N(CCCN)CC2=O)cc1OC. The molecule has 6 N–H and O–H groups in total. The van der Waals surface area contributed by atoms with Gasteiger partial charge in [0.2, 0.25) is 35.4 Å². The number of carbonyl (C=O) groups excluding carboxylic acids is 6. The molecule has 3 aromatic rings. The number of nitrogens with zero attached hydrogens (tertiary/aromatic N) is 6. The number of hydrogen-bond donors (Lipinski definition) is 3. The number of ether oxygens (including phenoxy) is 6. The molecule has 4 rings (SSSR count). The van der Waals surface area contributed by atoms with Gasteiger partial charge in [-0.2, -0.15) is 0 Å². The van der Waals surface area contributed by atoms with Gasteiger partial charge in [-0.25, -0.2) is 0 Å². The monoisotopic (exact) mass is 964 g/mol. The van der Waals surface area contributed by atoms with Crippen LogP contribution in [0.25, 0.3) is 0 Å². The Kier molecular flexibility index (Phi) is 22.1. The Balaban J connectivity index is 1.88. The second-order valence-corrected chi connectivity index (χ2v) is 16.2. The van der Waals surface area contributed by atoms with Crippen molar-refractivity contribution in [2.45, 2.75) is 38.9 Å². The Morgan fingerprint density at radius 3 is 0.783 bits per heavy atom. The van der Waals surface area contributed by atoms with Crippen molar-refractivity contribution in [2.24, 2.45) is 17.2 Å². The number of amides is 6. The quantitative estimate of drug-likeness (QED) is 0.133. The van der Waals surface area contributed by atoms with E-state index in [1.54, 1.807) is 54.6 Å². The maximum Gasteiger partial charge on any atom is 0.242 e. The molecule has 0 spiro atoms. The number of methoxy groups -OCH3 is 6. The van der Waals surface area contributed by atoms with E-state index in [4.69, 9.17) is 45.6 Å². The summed E-state index contributed by atoms with van der Waals surface area (Å²) in [5.41, 5.74) is 19.5. The van der Waals surface area contributed by atoms with Crippen LogP contribution in [0.3, 0.4) is 0 Å². The summed E-state index contributed by atoms with van der Waals surface area (Å²) < 4.78 is 32.8. The molecule has 1 aliphatic rings. The van der Waals surface area contributed by atoms with Crippen LogP contribution in [-0.2, 0) is 48.4 Å². The smallest absolute Gasteiger partial charge is 0.242 e. The summed E-state index contributed by atoms with van der Waals surface area (Å²) in [5.74, 6) is -1.05. The largest absolute Gasteiger partial charge is 0.493 e. The third-order valence-corrected chi connectivity index (χ3v) is 11.4. The molecule has 69 heavy (non-hydrogen) atoms. The van der Waals surface area contributed by atoms with Crippen LogP contribution in [0.15, 0.2) is 54.6 Å². The van der Waals surface area contributed by atoms with Crippen LogP contribution in [0.2, 0.25) is 0 Å². The van der Waals surface area contributed by atoms with Gasteiger partial charge in [0.15, 0.2) is 34.5 Å². The number of rotatable bonds is 21. The van der Waals surface area contributed by atoms with Crippen LogP contribution in [0.5, 0.6) is 34.5 Å². The van der Waals surface area contributed by atoms with Gasteiger partial charge in [0.25, 0.3) is 0 Å². The predicted molar refractivity (Wildman–Crippen MR) is 256 cm³/mol. The second-order valence-electron chi connectivity index (χ2n) is 16.2. The first-order valence-corrected chi connectivity index (χ1v) is 22.7. The van der Waals surface area contributed by atoms with Crippen molar-refractivity contribution < 1.29 is 57.2 Å². The molecule has 0 bridgehead atoms. The zero-order valence-corrected chi connectivity index (χ0v) is 40.7. The first-order chi connectivity index (χ1) is 33.2. The first-order valence-electron chi connectivity index (χ1n) is 22.7.